The fourth-order valence-corrected chi connectivity index (χ4v) is 5.72. The second kappa shape index (κ2) is 27.2. The van der Waals surface area contributed by atoms with Gasteiger partial charge in [0.15, 0.2) is 6.10 Å². The molecule has 0 bridgehead atoms. The van der Waals surface area contributed by atoms with Crippen molar-refractivity contribution in [3.05, 3.63) is 0 Å². The number of carbonyl (C=O) groups is 2. The first-order chi connectivity index (χ1) is 20.9. The van der Waals surface area contributed by atoms with Crippen LogP contribution in [0.5, 0.6) is 0 Å². The van der Waals surface area contributed by atoms with Gasteiger partial charge >= 0.3 is 11.9 Å². The Morgan fingerprint density at radius 2 is 1.16 bits per heavy atom. The molecule has 0 rings (SSSR count). The van der Waals surface area contributed by atoms with Crippen molar-refractivity contribution in [1.82, 2.24) is 0 Å². The number of ether oxygens (including phenoxy) is 2. The standard InChI is InChI=1S/C34H68NO8P/c1-7-10-11-12-13-14-15-16-17-18-19-20-21-22-23-26-33(36)40-29-32(43-34(37)31(24-8-2)25-9-3)30-42-44(38,39)41-28-27-35(4,5)6/h31-32H,7-30H2,1-6H3/t32-/m1/s1. The molecule has 2 atom stereocenters. The van der Waals surface area contributed by atoms with E-state index in [4.69, 9.17) is 18.5 Å². The highest BCUT2D eigenvalue weighted by Crippen LogP contribution is 2.38. The number of phosphoric ester groups is 1. The molecule has 0 saturated carbocycles. The summed E-state index contributed by atoms with van der Waals surface area (Å²) in [6.45, 7) is 5.97. The third-order valence-electron chi connectivity index (χ3n) is 7.74. The monoisotopic (exact) mass is 649 g/mol. The van der Waals surface area contributed by atoms with Crippen molar-refractivity contribution in [1.29, 1.82) is 0 Å². The van der Waals surface area contributed by atoms with Crippen molar-refractivity contribution in [3.8, 4) is 0 Å². The van der Waals surface area contributed by atoms with Gasteiger partial charge in [-0.15, -0.1) is 0 Å². The van der Waals surface area contributed by atoms with Gasteiger partial charge in [0, 0.05) is 6.42 Å². The Kier molecular flexibility index (Phi) is 26.5. The molecular weight excluding hydrogens is 581 g/mol. The number of hydrogen-bond donors (Lipinski definition) is 0. The molecule has 0 aliphatic rings. The summed E-state index contributed by atoms with van der Waals surface area (Å²) in [5.74, 6) is -1.10. The Bertz CT molecular complexity index is 752. The molecule has 0 aromatic heterocycles. The van der Waals surface area contributed by atoms with Crippen LogP contribution < -0.4 is 4.89 Å². The van der Waals surface area contributed by atoms with Crippen LogP contribution in [-0.2, 0) is 32.7 Å². The molecule has 0 saturated heterocycles. The first-order valence-corrected chi connectivity index (χ1v) is 19.2. The zero-order valence-corrected chi connectivity index (χ0v) is 30.2. The fourth-order valence-electron chi connectivity index (χ4n) is 4.99. The van der Waals surface area contributed by atoms with E-state index >= 15 is 0 Å². The van der Waals surface area contributed by atoms with Gasteiger partial charge in [0.2, 0.25) is 0 Å². The number of hydrogen-bond acceptors (Lipinski definition) is 8. The molecule has 0 spiro atoms. The second-order valence-corrected chi connectivity index (χ2v) is 14.7. The quantitative estimate of drug-likeness (QED) is 0.0320. The van der Waals surface area contributed by atoms with Crippen LogP contribution in [0.4, 0.5) is 0 Å². The van der Waals surface area contributed by atoms with Crippen LogP contribution in [-0.4, -0.2) is 70.0 Å². The Morgan fingerprint density at radius 3 is 1.61 bits per heavy atom. The SMILES string of the molecule is CCCCCCCCCCCCCCCCCC(=O)OC[C@H](COP(=O)([O-])OCC[N+](C)(C)C)OC(=O)C(CCC)CCC. The second-order valence-electron chi connectivity index (χ2n) is 13.3. The number of nitrogens with zero attached hydrogens (tertiary/aromatic N) is 1. The smallest absolute Gasteiger partial charge is 0.309 e. The normalized spacial score (nSPS) is 14.0. The molecular formula is C34H68NO8P. The molecule has 0 heterocycles. The summed E-state index contributed by atoms with van der Waals surface area (Å²) < 4.78 is 33.8. The lowest BCUT2D eigenvalue weighted by molar-refractivity contribution is -0.870. The van der Waals surface area contributed by atoms with E-state index in [9.17, 15) is 19.0 Å². The minimum atomic E-state index is -4.61. The predicted molar refractivity (Wildman–Crippen MR) is 176 cm³/mol. The zero-order chi connectivity index (χ0) is 33.1. The van der Waals surface area contributed by atoms with Gasteiger partial charge in [0.25, 0.3) is 7.82 Å². The molecule has 0 fully saturated rings. The highest BCUT2D eigenvalue weighted by molar-refractivity contribution is 7.45. The summed E-state index contributed by atoms with van der Waals surface area (Å²) in [5.41, 5.74) is 0. The lowest BCUT2D eigenvalue weighted by Crippen LogP contribution is -2.37. The molecule has 0 amide bonds. The molecule has 0 aromatic carbocycles. The van der Waals surface area contributed by atoms with Crippen molar-refractivity contribution < 1.29 is 42.1 Å². The Hall–Kier alpha value is -0.990. The van der Waals surface area contributed by atoms with Crippen LogP contribution in [0.2, 0.25) is 0 Å². The van der Waals surface area contributed by atoms with Gasteiger partial charge in [-0.3, -0.25) is 14.2 Å². The van der Waals surface area contributed by atoms with Gasteiger partial charge in [-0.05, 0) is 19.3 Å². The molecule has 0 aliphatic carbocycles. The van der Waals surface area contributed by atoms with E-state index in [1.165, 1.54) is 77.0 Å². The van der Waals surface area contributed by atoms with E-state index in [2.05, 4.69) is 6.92 Å². The van der Waals surface area contributed by atoms with Gasteiger partial charge in [0.1, 0.15) is 19.8 Å². The predicted octanol–water partition coefficient (Wildman–Crippen LogP) is 8.13. The van der Waals surface area contributed by atoms with Gasteiger partial charge < -0.3 is 27.9 Å². The fraction of sp³-hybridized carbons (Fsp3) is 0.941. The van der Waals surface area contributed by atoms with Crippen LogP contribution in [0.1, 0.15) is 149 Å². The summed E-state index contributed by atoms with van der Waals surface area (Å²) in [6, 6.07) is 0. The Morgan fingerprint density at radius 1 is 0.682 bits per heavy atom. The van der Waals surface area contributed by atoms with E-state index < -0.39 is 26.5 Å². The number of quaternary nitrogens is 1. The number of phosphoric acid groups is 1. The largest absolute Gasteiger partial charge is 0.756 e. The lowest BCUT2D eigenvalue weighted by atomic mass is 9.98. The third-order valence-corrected chi connectivity index (χ3v) is 8.70. The number of rotatable bonds is 31. The number of likely N-dealkylation sites (N-methyl/N-ethyl adjacent to an activating group) is 1. The third kappa shape index (κ3) is 27.3. The summed E-state index contributed by atoms with van der Waals surface area (Å²) in [7, 11) is 1.16. The Labute approximate surface area is 270 Å². The van der Waals surface area contributed by atoms with Gasteiger partial charge in [-0.1, -0.05) is 124 Å². The van der Waals surface area contributed by atoms with Gasteiger partial charge in [-0.25, -0.2) is 0 Å². The maximum Gasteiger partial charge on any atom is 0.309 e. The van der Waals surface area contributed by atoms with Crippen LogP contribution in [0.25, 0.3) is 0 Å². The number of unbranched alkanes of at least 4 members (excludes halogenated alkanes) is 14. The zero-order valence-electron chi connectivity index (χ0n) is 29.3. The molecule has 10 heteroatoms. The summed E-state index contributed by atoms with van der Waals surface area (Å²) >= 11 is 0. The van der Waals surface area contributed by atoms with E-state index in [1.807, 2.05) is 35.0 Å². The first kappa shape index (κ1) is 43.0. The van der Waals surface area contributed by atoms with E-state index in [1.54, 1.807) is 0 Å². The molecule has 1 unspecified atom stereocenters. The first-order valence-electron chi connectivity index (χ1n) is 17.7. The summed E-state index contributed by atoms with van der Waals surface area (Å²) in [5, 5.41) is 0. The maximum atomic E-state index is 12.8. The van der Waals surface area contributed by atoms with Crippen molar-refractivity contribution in [2.45, 2.75) is 155 Å². The topological polar surface area (TPSA) is 111 Å². The minimum Gasteiger partial charge on any atom is -0.756 e. The summed E-state index contributed by atoms with van der Waals surface area (Å²) in [6.07, 6.45) is 21.0. The van der Waals surface area contributed by atoms with Gasteiger partial charge in [-0.2, -0.15) is 0 Å². The maximum absolute atomic E-state index is 12.8. The van der Waals surface area contributed by atoms with Crippen molar-refractivity contribution in [2.24, 2.45) is 5.92 Å². The number of carbonyl (C=O) groups excluding carboxylic acids is 2. The molecule has 0 aromatic rings. The van der Waals surface area contributed by atoms with Crippen molar-refractivity contribution in [2.75, 3.05) is 47.5 Å². The molecule has 0 radical (unpaired) electrons. The van der Waals surface area contributed by atoms with E-state index in [0.717, 1.165) is 32.1 Å². The highest BCUT2D eigenvalue weighted by atomic mass is 31.2. The average Bonchev–Trinajstić information content (AvgIpc) is 2.95. The average molecular weight is 650 g/mol. The van der Waals surface area contributed by atoms with Crippen LogP contribution in [0, 0.1) is 5.92 Å². The van der Waals surface area contributed by atoms with Crippen LogP contribution in [0.15, 0.2) is 0 Å². The minimum absolute atomic E-state index is 0.0297. The van der Waals surface area contributed by atoms with Crippen molar-refractivity contribution >= 4 is 19.8 Å². The summed E-state index contributed by atoms with van der Waals surface area (Å²) in [4.78, 5) is 37.5. The highest BCUT2D eigenvalue weighted by Gasteiger charge is 2.25. The number of esters is 2. The molecule has 44 heavy (non-hydrogen) atoms. The van der Waals surface area contributed by atoms with Gasteiger partial charge in [0.05, 0.1) is 33.7 Å². The molecule has 0 aliphatic heterocycles. The molecule has 262 valence electrons. The lowest BCUT2D eigenvalue weighted by Gasteiger charge is -2.28. The van der Waals surface area contributed by atoms with Crippen LogP contribution >= 0.6 is 7.82 Å². The Balaban J connectivity index is 4.41. The van der Waals surface area contributed by atoms with E-state index in [-0.39, 0.29) is 31.5 Å². The van der Waals surface area contributed by atoms with Crippen LogP contribution in [0.3, 0.4) is 0 Å². The molecule has 0 N–H and O–H groups in total. The van der Waals surface area contributed by atoms with E-state index in [0.29, 0.717) is 23.9 Å². The van der Waals surface area contributed by atoms with Crippen molar-refractivity contribution in [3.63, 3.8) is 0 Å². The molecule has 9 nitrogen and oxygen atoms in total.